The molecule has 0 radical (unpaired) electrons. The van der Waals surface area contributed by atoms with E-state index < -0.39 is 5.63 Å². The molecule has 0 unspecified atom stereocenters. The van der Waals surface area contributed by atoms with Crippen LogP contribution in [0.5, 0.6) is 5.75 Å². The average molecular weight is 398 g/mol. The van der Waals surface area contributed by atoms with Gasteiger partial charge >= 0.3 is 5.63 Å². The molecule has 4 aromatic rings. The van der Waals surface area contributed by atoms with Gasteiger partial charge in [-0.2, -0.15) is 0 Å². The highest BCUT2D eigenvalue weighted by Gasteiger charge is 2.10. The van der Waals surface area contributed by atoms with E-state index in [9.17, 15) is 4.79 Å². The molecule has 4 nitrogen and oxygen atoms in total. The normalized spacial score (nSPS) is 10.9. The fourth-order valence-corrected chi connectivity index (χ4v) is 3.14. The number of pyridine rings is 1. The van der Waals surface area contributed by atoms with E-state index in [2.05, 4.69) is 4.98 Å². The number of fused-ring (bicyclic) bond motifs is 1. The highest BCUT2D eigenvalue weighted by molar-refractivity contribution is 6.35. The SMILES string of the molecule is O=c1oc2cc(OCc3ccc(Cl)cc3Cl)ccc2cc1-c1ccccn1. The maximum absolute atomic E-state index is 12.3. The lowest BCUT2D eigenvalue weighted by Gasteiger charge is -2.09. The number of ether oxygens (including phenoxy) is 1. The van der Waals surface area contributed by atoms with Crippen LogP contribution >= 0.6 is 23.2 Å². The third kappa shape index (κ3) is 3.82. The first-order valence-corrected chi connectivity index (χ1v) is 8.92. The predicted molar refractivity (Wildman–Crippen MR) is 107 cm³/mol. The van der Waals surface area contributed by atoms with Crippen molar-refractivity contribution in [2.24, 2.45) is 0 Å². The Morgan fingerprint density at radius 1 is 1.00 bits per heavy atom. The minimum atomic E-state index is -0.445. The number of benzene rings is 2. The van der Waals surface area contributed by atoms with Crippen molar-refractivity contribution in [2.45, 2.75) is 6.61 Å². The number of rotatable bonds is 4. The Labute approximate surface area is 164 Å². The summed E-state index contributed by atoms with van der Waals surface area (Å²) in [6, 6.07) is 17.7. The molecule has 0 aliphatic heterocycles. The summed E-state index contributed by atoms with van der Waals surface area (Å²) in [6.45, 7) is 0.276. The largest absolute Gasteiger partial charge is 0.489 e. The van der Waals surface area contributed by atoms with Crippen molar-refractivity contribution in [1.29, 1.82) is 0 Å². The van der Waals surface area contributed by atoms with Crippen LogP contribution in [0.3, 0.4) is 0 Å². The van der Waals surface area contributed by atoms with Gasteiger partial charge < -0.3 is 9.15 Å². The van der Waals surface area contributed by atoms with Crippen LogP contribution in [0.4, 0.5) is 0 Å². The molecule has 0 N–H and O–H groups in total. The van der Waals surface area contributed by atoms with Crippen LogP contribution in [-0.2, 0) is 6.61 Å². The zero-order valence-corrected chi connectivity index (χ0v) is 15.5. The fourth-order valence-electron chi connectivity index (χ4n) is 2.68. The second-order valence-electron chi connectivity index (χ2n) is 5.89. The first-order valence-electron chi connectivity index (χ1n) is 8.16. The van der Waals surface area contributed by atoms with Crippen LogP contribution in [0.25, 0.3) is 22.2 Å². The Morgan fingerprint density at radius 2 is 1.89 bits per heavy atom. The van der Waals surface area contributed by atoms with E-state index in [0.717, 1.165) is 10.9 Å². The van der Waals surface area contributed by atoms with Gasteiger partial charge in [-0.05, 0) is 42.5 Å². The molecule has 0 saturated heterocycles. The average Bonchev–Trinajstić information content (AvgIpc) is 2.67. The van der Waals surface area contributed by atoms with E-state index in [4.69, 9.17) is 32.4 Å². The summed E-state index contributed by atoms with van der Waals surface area (Å²) in [5, 5.41) is 1.89. The molecule has 2 aromatic carbocycles. The molecule has 0 aliphatic rings. The molecule has 0 atom stereocenters. The van der Waals surface area contributed by atoms with Crippen molar-refractivity contribution in [3.8, 4) is 17.0 Å². The highest BCUT2D eigenvalue weighted by atomic mass is 35.5. The molecule has 0 saturated carbocycles. The third-order valence-corrected chi connectivity index (χ3v) is 4.64. The van der Waals surface area contributed by atoms with Crippen LogP contribution in [0, 0.1) is 0 Å². The minimum absolute atomic E-state index is 0.276. The Hall–Kier alpha value is -2.82. The lowest BCUT2D eigenvalue weighted by molar-refractivity contribution is 0.306. The first-order chi connectivity index (χ1) is 13.1. The van der Waals surface area contributed by atoms with Gasteiger partial charge in [0.25, 0.3) is 0 Å². The van der Waals surface area contributed by atoms with Crippen molar-refractivity contribution in [2.75, 3.05) is 0 Å². The Kier molecular flexibility index (Phi) is 4.84. The van der Waals surface area contributed by atoms with E-state index in [1.54, 1.807) is 42.6 Å². The van der Waals surface area contributed by atoms with Gasteiger partial charge in [0.15, 0.2) is 0 Å². The fraction of sp³-hybridized carbons (Fsp3) is 0.0476. The Morgan fingerprint density at radius 3 is 2.67 bits per heavy atom. The topological polar surface area (TPSA) is 52.3 Å². The summed E-state index contributed by atoms with van der Waals surface area (Å²) < 4.78 is 11.2. The lowest BCUT2D eigenvalue weighted by Crippen LogP contribution is -2.04. The first kappa shape index (κ1) is 17.6. The van der Waals surface area contributed by atoms with Gasteiger partial charge in [0.1, 0.15) is 17.9 Å². The molecule has 0 fully saturated rings. The number of hydrogen-bond acceptors (Lipinski definition) is 4. The maximum Gasteiger partial charge on any atom is 0.345 e. The molecule has 134 valence electrons. The summed E-state index contributed by atoms with van der Waals surface area (Å²) in [6.07, 6.45) is 1.64. The van der Waals surface area contributed by atoms with Gasteiger partial charge in [0.2, 0.25) is 0 Å². The van der Waals surface area contributed by atoms with Crippen LogP contribution in [0.15, 0.2) is 76.1 Å². The van der Waals surface area contributed by atoms with Gasteiger partial charge in [0, 0.05) is 33.3 Å². The van der Waals surface area contributed by atoms with Crippen molar-refractivity contribution in [1.82, 2.24) is 4.98 Å². The maximum atomic E-state index is 12.3. The van der Waals surface area contributed by atoms with Gasteiger partial charge in [-0.25, -0.2) is 4.79 Å². The van der Waals surface area contributed by atoms with Gasteiger partial charge in [-0.1, -0.05) is 35.3 Å². The number of halogens is 2. The smallest absolute Gasteiger partial charge is 0.345 e. The van der Waals surface area contributed by atoms with E-state index in [1.807, 2.05) is 24.3 Å². The number of nitrogens with zero attached hydrogens (tertiary/aromatic N) is 1. The van der Waals surface area contributed by atoms with Crippen LogP contribution in [0.1, 0.15) is 5.56 Å². The summed E-state index contributed by atoms with van der Waals surface area (Å²) in [5.74, 6) is 0.572. The molecular formula is C21H13Cl2NO3. The van der Waals surface area contributed by atoms with Crippen molar-refractivity contribution in [3.63, 3.8) is 0 Å². The summed E-state index contributed by atoms with van der Waals surface area (Å²) in [5.41, 5.74) is 1.81. The molecule has 2 heterocycles. The van der Waals surface area contributed by atoms with Crippen LogP contribution in [-0.4, -0.2) is 4.98 Å². The summed E-state index contributed by atoms with van der Waals surface area (Å²) in [4.78, 5) is 16.5. The van der Waals surface area contributed by atoms with E-state index in [1.165, 1.54) is 0 Å². The zero-order chi connectivity index (χ0) is 18.8. The molecule has 0 bridgehead atoms. The number of aromatic nitrogens is 1. The zero-order valence-electron chi connectivity index (χ0n) is 14.0. The molecule has 6 heteroatoms. The third-order valence-electron chi connectivity index (χ3n) is 4.06. The van der Waals surface area contributed by atoms with E-state index in [0.29, 0.717) is 32.6 Å². The summed E-state index contributed by atoms with van der Waals surface area (Å²) in [7, 11) is 0. The van der Waals surface area contributed by atoms with Gasteiger partial charge in [0.05, 0.1) is 11.3 Å². The monoisotopic (exact) mass is 397 g/mol. The second kappa shape index (κ2) is 7.43. The number of hydrogen-bond donors (Lipinski definition) is 0. The molecule has 4 rings (SSSR count). The molecular weight excluding hydrogens is 385 g/mol. The van der Waals surface area contributed by atoms with Gasteiger partial charge in [-0.15, -0.1) is 0 Å². The molecule has 27 heavy (non-hydrogen) atoms. The van der Waals surface area contributed by atoms with Crippen molar-refractivity contribution >= 4 is 34.2 Å². The minimum Gasteiger partial charge on any atom is -0.489 e. The molecule has 0 aliphatic carbocycles. The quantitative estimate of drug-likeness (QED) is 0.412. The van der Waals surface area contributed by atoms with Gasteiger partial charge in [-0.3, -0.25) is 4.98 Å². The molecule has 0 amide bonds. The Balaban J connectivity index is 1.62. The lowest BCUT2D eigenvalue weighted by atomic mass is 10.1. The highest BCUT2D eigenvalue weighted by Crippen LogP contribution is 2.26. The predicted octanol–water partition coefficient (Wildman–Crippen LogP) is 5.74. The Bertz CT molecular complexity index is 1170. The van der Waals surface area contributed by atoms with Crippen molar-refractivity contribution < 1.29 is 9.15 Å². The summed E-state index contributed by atoms with van der Waals surface area (Å²) >= 11 is 12.1. The molecule has 0 spiro atoms. The molecule has 2 aromatic heterocycles. The second-order valence-corrected chi connectivity index (χ2v) is 6.73. The van der Waals surface area contributed by atoms with E-state index >= 15 is 0 Å². The van der Waals surface area contributed by atoms with E-state index in [-0.39, 0.29) is 6.61 Å². The van der Waals surface area contributed by atoms with Crippen LogP contribution in [0.2, 0.25) is 10.0 Å². The van der Waals surface area contributed by atoms with Crippen LogP contribution < -0.4 is 10.4 Å². The van der Waals surface area contributed by atoms with Crippen molar-refractivity contribution in [3.05, 3.63) is 92.9 Å². The standard InChI is InChI=1S/C21H13Cl2NO3/c22-15-6-4-14(18(23)10-15)12-26-16-7-5-13-9-17(19-3-1-2-8-24-19)21(25)27-20(13)11-16/h1-11H,12H2.